The van der Waals surface area contributed by atoms with Gasteiger partial charge in [-0.05, 0) is 80.6 Å². The number of aryl methyl sites for hydroxylation is 1. The van der Waals surface area contributed by atoms with Gasteiger partial charge in [-0.15, -0.1) is 0 Å². The van der Waals surface area contributed by atoms with Crippen LogP contribution in [0.25, 0.3) is 17.0 Å². The summed E-state index contributed by atoms with van der Waals surface area (Å²) in [6.07, 6.45) is 9.93. The molecule has 1 N–H and O–H groups in total. The summed E-state index contributed by atoms with van der Waals surface area (Å²) in [5, 5.41) is 2.35. The third-order valence-corrected chi connectivity index (χ3v) is 7.26. The molecule has 2 heterocycles. The standard InChI is InChI=1S/C27H31Cl2N3O/c1-31(14-4-5-22-18-30-26-7-3-2-6-23(22)26)19-21-12-15-32(16-13-21)27(33)11-9-20-8-10-24(28)25(29)17-20/h2-3,6-11,17-18,21,30H,4-5,12-16,19H2,1H3/b11-9+. The van der Waals surface area contributed by atoms with Crippen LogP contribution in [-0.4, -0.2) is 53.9 Å². The molecule has 6 heteroatoms. The number of carbonyl (C=O) groups is 1. The molecule has 4 nitrogen and oxygen atoms in total. The zero-order valence-corrected chi connectivity index (χ0v) is 20.6. The lowest BCUT2D eigenvalue weighted by atomic mass is 9.96. The van der Waals surface area contributed by atoms with Crippen molar-refractivity contribution in [2.75, 3.05) is 33.2 Å². The maximum atomic E-state index is 12.6. The number of aromatic nitrogens is 1. The molecule has 0 saturated carbocycles. The van der Waals surface area contributed by atoms with Crippen LogP contribution in [0, 0.1) is 5.92 Å². The van der Waals surface area contributed by atoms with Gasteiger partial charge in [0.2, 0.25) is 5.91 Å². The molecule has 1 aliphatic heterocycles. The third kappa shape index (κ3) is 6.41. The van der Waals surface area contributed by atoms with Crippen molar-refractivity contribution in [2.24, 2.45) is 5.92 Å². The minimum Gasteiger partial charge on any atom is -0.361 e. The second kappa shape index (κ2) is 11.2. The highest BCUT2D eigenvalue weighted by Gasteiger charge is 2.22. The van der Waals surface area contributed by atoms with Gasteiger partial charge >= 0.3 is 0 Å². The lowest BCUT2D eigenvalue weighted by Crippen LogP contribution is -2.40. The minimum absolute atomic E-state index is 0.0617. The Morgan fingerprint density at radius 2 is 1.94 bits per heavy atom. The first-order valence-corrected chi connectivity index (χ1v) is 12.4. The molecule has 4 rings (SSSR count). The summed E-state index contributed by atoms with van der Waals surface area (Å²) < 4.78 is 0. The first-order chi connectivity index (χ1) is 16.0. The van der Waals surface area contributed by atoms with E-state index in [0.717, 1.165) is 57.4 Å². The van der Waals surface area contributed by atoms with E-state index < -0.39 is 0 Å². The van der Waals surface area contributed by atoms with Crippen molar-refractivity contribution >= 4 is 46.1 Å². The number of benzene rings is 2. The van der Waals surface area contributed by atoms with Crippen LogP contribution in [0.4, 0.5) is 0 Å². The number of aromatic amines is 1. The summed E-state index contributed by atoms with van der Waals surface area (Å²) in [4.78, 5) is 20.3. The topological polar surface area (TPSA) is 39.3 Å². The Morgan fingerprint density at radius 1 is 1.15 bits per heavy atom. The molecule has 1 saturated heterocycles. The number of likely N-dealkylation sites (tertiary alicyclic amines) is 1. The van der Waals surface area contributed by atoms with Crippen LogP contribution in [0.2, 0.25) is 10.0 Å². The number of nitrogens with zero attached hydrogens (tertiary/aromatic N) is 2. The number of piperidine rings is 1. The van der Waals surface area contributed by atoms with Gasteiger partial charge in [-0.3, -0.25) is 4.79 Å². The molecule has 33 heavy (non-hydrogen) atoms. The first-order valence-electron chi connectivity index (χ1n) is 11.6. The molecule has 0 aliphatic carbocycles. The smallest absolute Gasteiger partial charge is 0.246 e. The van der Waals surface area contributed by atoms with Crippen LogP contribution >= 0.6 is 23.2 Å². The lowest BCUT2D eigenvalue weighted by molar-refractivity contribution is -0.127. The number of fused-ring (bicyclic) bond motifs is 1. The number of hydrogen-bond donors (Lipinski definition) is 1. The zero-order chi connectivity index (χ0) is 23.2. The predicted molar refractivity (Wildman–Crippen MR) is 139 cm³/mol. The number of amides is 1. The van der Waals surface area contributed by atoms with Crippen molar-refractivity contribution in [2.45, 2.75) is 25.7 Å². The van der Waals surface area contributed by atoms with Gasteiger partial charge in [0.15, 0.2) is 0 Å². The van der Waals surface area contributed by atoms with E-state index in [0.29, 0.717) is 16.0 Å². The highest BCUT2D eigenvalue weighted by atomic mass is 35.5. The van der Waals surface area contributed by atoms with Gasteiger partial charge in [-0.25, -0.2) is 0 Å². The zero-order valence-electron chi connectivity index (χ0n) is 19.1. The molecule has 1 aromatic heterocycles. The Hall–Kier alpha value is -2.27. The fraction of sp³-hybridized carbons (Fsp3) is 0.370. The van der Waals surface area contributed by atoms with E-state index in [-0.39, 0.29) is 5.91 Å². The molecule has 0 spiro atoms. The highest BCUT2D eigenvalue weighted by Crippen LogP contribution is 2.24. The Balaban J connectivity index is 1.17. The molecular weight excluding hydrogens is 453 g/mol. The van der Waals surface area contributed by atoms with E-state index in [1.54, 1.807) is 24.3 Å². The summed E-state index contributed by atoms with van der Waals surface area (Å²) in [5.41, 5.74) is 3.50. The van der Waals surface area contributed by atoms with Crippen LogP contribution in [0.3, 0.4) is 0 Å². The SMILES string of the molecule is CN(CCCc1c[nH]c2ccccc12)CC1CCN(C(=O)/C=C/c2ccc(Cl)c(Cl)c2)CC1. The van der Waals surface area contributed by atoms with Gasteiger partial charge in [-0.1, -0.05) is 47.5 Å². The fourth-order valence-electron chi connectivity index (χ4n) is 4.63. The second-order valence-electron chi connectivity index (χ2n) is 9.00. The van der Waals surface area contributed by atoms with Crippen LogP contribution in [0.1, 0.15) is 30.4 Å². The number of H-pyrrole nitrogens is 1. The molecule has 1 fully saturated rings. The molecule has 3 aromatic rings. The van der Waals surface area contributed by atoms with E-state index >= 15 is 0 Å². The summed E-state index contributed by atoms with van der Waals surface area (Å²) in [6, 6.07) is 13.9. The van der Waals surface area contributed by atoms with Gasteiger partial charge in [0.05, 0.1) is 10.0 Å². The minimum atomic E-state index is 0.0617. The maximum Gasteiger partial charge on any atom is 0.246 e. The van der Waals surface area contributed by atoms with Crippen molar-refractivity contribution in [3.05, 3.63) is 75.9 Å². The molecular formula is C27H31Cl2N3O. The lowest BCUT2D eigenvalue weighted by Gasteiger charge is -2.33. The van der Waals surface area contributed by atoms with Gasteiger partial charge in [0.1, 0.15) is 0 Å². The number of rotatable bonds is 8. The van der Waals surface area contributed by atoms with Crippen LogP contribution in [0.15, 0.2) is 54.7 Å². The average Bonchev–Trinajstić information content (AvgIpc) is 3.23. The molecule has 0 atom stereocenters. The van der Waals surface area contributed by atoms with Crippen LogP contribution in [-0.2, 0) is 11.2 Å². The molecule has 1 amide bonds. The van der Waals surface area contributed by atoms with Crippen molar-refractivity contribution in [3.63, 3.8) is 0 Å². The number of hydrogen-bond acceptors (Lipinski definition) is 2. The third-order valence-electron chi connectivity index (χ3n) is 6.52. The normalized spacial score (nSPS) is 15.2. The molecule has 174 valence electrons. The van der Waals surface area contributed by atoms with Crippen molar-refractivity contribution in [1.29, 1.82) is 0 Å². The largest absolute Gasteiger partial charge is 0.361 e. The molecule has 0 bridgehead atoms. The first kappa shape index (κ1) is 23.9. The van der Waals surface area contributed by atoms with Gasteiger partial charge < -0.3 is 14.8 Å². The Labute approximate surface area is 206 Å². The van der Waals surface area contributed by atoms with Gasteiger partial charge in [-0.2, -0.15) is 0 Å². The summed E-state index contributed by atoms with van der Waals surface area (Å²) in [5.74, 6) is 0.706. The number of nitrogens with one attached hydrogen (secondary N) is 1. The second-order valence-corrected chi connectivity index (χ2v) is 9.82. The monoisotopic (exact) mass is 483 g/mol. The maximum absolute atomic E-state index is 12.6. The number of carbonyl (C=O) groups excluding carboxylic acids is 1. The highest BCUT2D eigenvalue weighted by molar-refractivity contribution is 6.42. The number of halogens is 2. The predicted octanol–water partition coefficient (Wildman–Crippen LogP) is 6.29. The summed E-state index contributed by atoms with van der Waals surface area (Å²) in [6.45, 7) is 3.82. The Bertz CT molecular complexity index is 1120. The Morgan fingerprint density at radius 3 is 2.73 bits per heavy atom. The van der Waals surface area contributed by atoms with Crippen molar-refractivity contribution < 1.29 is 4.79 Å². The van der Waals surface area contributed by atoms with E-state index in [1.807, 2.05) is 11.0 Å². The quantitative estimate of drug-likeness (QED) is 0.382. The molecule has 0 radical (unpaired) electrons. The number of para-hydroxylation sites is 1. The fourth-order valence-corrected chi connectivity index (χ4v) is 4.94. The molecule has 1 aliphatic rings. The Kier molecular flexibility index (Phi) is 8.13. The summed E-state index contributed by atoms with van der Waals surface area (Å²) in [7, 11) is 2.22. The van der Waals surface area contributed by atoms with E-state index in [2.05, 4.69) is 47.4 Å². The van der Waals surface area contributed by atoms with Crippen LogP contribution in [0.5, 0.6) is 0 Å². The van der Waals surface area contributed by atoms with E-state index in [1.165, 1.54) is 16.5 Å². The molecule has 2 aromatic carbocycles. The average molecular weight is 484 g/mol. The van der Waals surface area contributed by atoms with E-state index in [4.69, 9.17) is 23.2 Å². The van der Waals surface area contributed by atoms with Crippen molar-refractivity contribution in [1.82, 2.24) is 14.8 Å². The van der Waals surface area contributed by atoms with Crippen molar-refractivity contribution in [3.8, 4) is 0 Å². The molecule has 0 unspecified atom stereocenters. The van der Waals surface area contributed by atoms with Gasteiger partial charge in [0.25, 0.3) is 0 Å². The van der Waals surface area contributed by atoms with Crippen LogP contribution < -0.4 is 0 Å². The van der Waals surface area contributed by atoms with E-state index in [9.17, 15) is 4.79 Å². The summed E-state index contributed by atoms with van der Waals surface area (Å²) >= 11 is 12.0. The van der Waals surface area contributed by atoms with Gasteiger partial charge in [0, 0.05) is 42.8 Å².